The van der Waals surface area contributed by atoms with Crippen molar-refractivity contribution in [1.82, 2.24) is 4.31 Å². The highest BCUT2D eigenvalue weighted by Gasteiger charge is 2.66. The van der Waals surface area contributed by atoms with E-state index in [9.17, 15) is 23.1 Å². The van der Waals surface area contributed by atoms with E-state index in [2.05, 4.69) is 0 Å². The minimum Gasteiger partial charge on any atom is -0.461 e. The third kappa shape index (κ3) is 3.11. The molecule has 9 heteroatoms. The molecule has 6 aliphatic rings. The minimum absolute atomic E-state index is 0.0342. The summed E-state index contributed by atoms with van der Waals surface area (Å²) in [4.78, 5) is 25.4. The van der Waals surface area contributed by atoms with Gasteiger partial charge in [0.2, 0.25) is 15.9 Å². The molecule has 162 valence electrons. The van der Waals surface area contributed by atoms with Gasteiger partial charge in [0.1, 0.15) is 6.10 Å². The Hall–Kier alpha value is -1.19. The number of esters is 1. The van der Waals surface area contributed by atoms with Crippen LogP contribution in [0.4, 0.5) is 0 Å². The number of amides is 1. The van der Waals surface area contributed by atoms with Crippen LogP contribution in [0.3, 0.4) is 0 Å². The van der Waals surface area contributed by atoms with E-state index in [-0.39, 0.29) is 35.4 Å². The van der Waals surface area contributed by atoms with E-state index in [1.807, 2.05) is 0 Å². The van der Waals surface area contributed by atoms with E-state index in [0.717, 1.165) is 19.3 Å². The van der Waals surface area contributed by atoms with Crippen LogP contribution in [0.15, 0.2) is 0 Å². The van der Waals surface area contributed by atoms with E-state index < -0.39 is 33.1 Å². The number of ether oxygens (including phenoxy) is 1. The van der Waals surface area contributed by atoms with Crippen molar-refractivity contribution in [2.45, 2.75) is 74.7 Å². The summed E-state index contributed by atoms with van der Waals surface area (Å²) in [6, 6.07) is 0. The molecule has 1 amide bonds. The van der Waals surface area contributed by atoms with Gasteiger partial charge in [0.05, 0.1) is 22.2 Å². The highest BCUT2D eigenvalue weighted by molar-refractivity contribution is 7.90. The van der Waals surface area contributed by atoms with Crippen LogP contribution < -0.4 is 5.73 Å². The highest BCUT2D eigenvalue weighted by atomic mass is 32.2. The van der Waals surface area contributed by atoms with Crippen LogP contribution >= 0.6 is 0 Å². The van der Waals surface area contributed by atoms with Crippen molar-refractivity contribution in [2.24, 2.45) is 28.9 Å². The molecule has 29 heavy (non-hydrogen) atoms. The summed E-state index contributed by atoms with van der Waals surface area (Å²) in [5, 5.41) is 10.6. The van der Waals surface area contributed by atoms with Crippen LogP contribution in [0.1, 0.15) is 57.8 Å². The van der Waals surface area contributed by atoms with Gasteiger partial charge in [-0.1, -0.05) is 0 Å². The van der Waals surface area contributed by atoms with Gasteiger partial charge in [0.25, 0.3) is 0 Å². The number of piperidine rings is 1. The zero-order chi connectivity index (χ0) is 20.6. The number of sulfonamides is 1. The van der Waals surface area contributed by atoms with Gasteiger partial charge in [-0.3, -0.25) is 9.59 Å². The fourth-order valence-electron chi connectivity index (χ4n) is 6.76. The largest absolute Gasteiger partial charge is 0.461 e. The summed E-state index contributed by atoms with van der Waals surface area (Å²) >= 11 is 0. The fourth-order valence-corrected chi connectivity index (χ4v) is 8.63. The first-order chi connectivity index (χ1) is 13.6. The first kappa shape index (κ1) is 19.8. The number of rotatable bonds is 5. The molecule has 5 atom stereocenters. The Morgan fingerprint density at radius 3 is 2.34 bits per heavy atom. The zero-order valence-electron chi connectivity index (χ0n) is 16.6. The molecular formula is C20H30N2O6S. The summed E-state index contributed by atoms with van der Waals surface area (Å²) in [7, 11) is -3.21. The molecule has 6 fully saturated rings. The molecule has 3 N–H and O–H groups in total. The van der Waals surface area contributed by atoms with Crippen molar-refractivity contribution < 1.29 is 27.9 Å². The number of hydrogen-bond donors (Lipinski definition) is 2. The first-order valence-electron chi connectivity index (χ1n) is 10.8. The van der Waals surface area contributed by atoms with Crippen LogP contribution in [0.2, 0.25) is 0 Å². The SMILES string of the molecule is NC(=O)C12CC3CC(CC(O)(C3)C1)C2OC(=O)C1CCN(S(=O)(=O)C2CC2)CC1. The van der Waals surface area contributed by atoms with Crippen molar-refractivity contribution in [3.63, 3.8) is 0 Å². The van der Waals surface area contributed by atoms with Crippen LogP contribution in [0.5, 0.6) is 0 Å². The second kappa shape index (κ2) is 6.40. The lowest BCUT2D eigenvalue weighted by atomic mass is 9.46. The van der Waals surface area contributed by atoms with Crippen molar-refractivity contribution in [1.29, 1.82) is 0 Å². The topological polar surface area (TPSA) is 127 Å². The molecule has 6 rings (SSSR count). The number of carbonyl (C=O) groups is 2. The average molecular weight is 427 g/mol. The molecule has 5 aliphatic carbocycles. The van der Waals surface area contributed by atoms with E-state index >= 15 is 0 Å². The number of primary amides is 1. The zero-order valence-corrected chi connectivity index (χ0v) is 17.4. The Morgan fingerprint density at radius 2 is 1.76 bits per heavy atom. The third-order valence-electron chi connectivity index (χ3n) is 8.04. The molecule has 0 aromatic rings. The summed E-state index contributed by atoms with van der Waals surface area (Å²) in [5.74, 6) is -0.962. The summed E-state index contributed by atoms with van der Waals surface area (Å²) in [6.45, 7) is 0.685. The van der Waals surface area contributed by atoms with Gasteiger partial charge in [0.15, 0.2) is 0 Å². The van der Waals surface area contributed by atoms with Gasteiger partial charge in [0, 0.05) is 19.0 Å². The third-order valence-corrected chi connectivity index (χ3v) is 10.4. The average Bonchev–Trinajstić information content (AvgIpc) is 3.49. The van der Waals surface area contributed by atoms with Crippen molar-refractivity contribution >= 4 is 21.9 Å². The number of carbonyl (C=O) groups excluding carboxylic acids is 2. The maximum atomic E-state index is 12.9. The number of aliphatic hydroxyl groups is 1. The predicted molar refractivity (Wildman–Crippen MR) is 103 cm³/mol. The standard InChI is InChI=1S/C20H30N2O6S/c21-18(24)20-9-12-7-14(10-19(25,8-12)11-20)16(20)28-17(23)13-3-5-22(6-4-13)29(26,27)15-1-2-15/h12-16,25H,1-11H2,(H2,21,24). The normalized spacial score (nSPS) is 42.7. The fraction of sp³-hybridized carbons (Fsp3) is 0.900. The summed E-state index contributed by atoms with van der Waals surface area (Å²) < 4.78 is 32.2. The van der Waals surface area contributed by atoms with Gasteiger partial charge in [-0.25, -0.2) is 12.7 Å². The van der Waals surface area contributed by atoms with Gasteiger partial charge in [-0.05, 0) is 63.7 Å². The van der Waals surface area contributed by atoms with Gasteiger partial charge < -0.3 is 15.6 Å². The number of nitrogens with zero attached hydrogens (tertiary/aromatic N) is 1. The van der Waals surface area contributed by atoms with Gasteiger partial charge in [-0.15, -0.1) is 0 Å². The predicted octanol–water partition coefficient (Wildman–Crippen LogP) is 0.529. The van der Waals surface area contributed by atoms with E-state index in [1.165, 1.54) is 4.31 Å². The molecule has 8 nitrogen and oxygen atoms in total. The number of hydrogen-bond acceptors (Lipinski definition) is 6. The lowest BCUT2D eigenvalue weighted by Gasteiger charge is -2.61. The summed E-state index contributed by atoms with van der Waals surface area (Å²) in [6.07, 6.45) is 4.74. The maximum absolute atomic E-state index is 12.9. The van der Waals surface area contributed by atoms with E-state index in [0.29, 0.717) is 45.2 Å². The van der Waals surface area contributed by atoms with Gasteiger partial charge >= 0.3 is 5.97 Å². The molecule has 0 aromatic heterocycles. The van der Waals surface area contributed by atoms with Crippen LogP contribution in [0.25, 0.3) is 0 Å². The van der Waals surface area contributed by atoms with Crippen LogP contribution in [-0.4, -0.2) is 59.8 Å². The minimum atomic E-state index is -3.21. The molecular weight excluding hydrogens is 396 g/mol. The van der Waals surface area contributed by atoms with Crippen molar-refractivity contribution in [3.8, 4) is 0 Å². The molecule has 1 saturated heterocycles. The van der Waals surface area contributed by atoms with E-state index in [1.54, 1.807) is 0 Å². The Morgan fingerprint density at radius 1 is 1.07 bits per heavy atom. The smallest absolute Gasteiger partial charge is 0.309 e. The molecule has 5 saturated carbocycles. The Bertz CT molecular complexity index is 834. The van der Waals surface area contributed by atoms with Crippen molar-refractivity contribution in [2.75, 3.05) is 13.1 Å². The lowest BCUT2D eigenvalue weighted by Crippen LogP contribution is -2.67. The van der Waals surface area contributed by atoms with Crippen molar-refractivity contribution in [3.05, 3.63) is 0 Å². The molecule has 0 aromatic carbocycles. The quantitative estimate of drug-likeness (QED) is 0.618. The molecule has 1 aliphatic heterocycles. The Balaban J connectivity index is 1.27. The first-order valence-corrected chi connectivity index (χ1v) is 12.4. The van der Waals surface area contributed by atoms with Crippen LogP contribution in [0, 0.1) is 23.2 Å². The van der Waals surface area contributed by atoms with E-state index in [4.69, 9.17) is 10.5 Å². The monoisotopic (exact) mass is 426 g/mol. The maximum Gasteiger partial charge on any atom is 0.309 e. The van der Waals surface area contributed by atoms with Crippen LogP contribution in [-0.2, 0) is 24.3 Å². The lowest BCUT2D eigenvalue weighted by molar-refractivity contribution is -0.230. The Kier molecular flexibility index (Phi) is 4.36. The second-order valence-corrected chi connectivity index (χ2v) is 12.4. The Labute approximate surface area is 171 Å². The highest BCUT2D eigenvalue weighted by Crippen LogP contribution is 2.62. The molecule has 4 bridgehead atoms. The molecule has 5 unspecified atom stereocenters. The summed E-state index contributed by atoms with van der Waals surface area (Å²) in [5.41, 5.74) is 3.94. The number of nitrogens with two attached hydrogens (primary N) is 1. The molecule has 0 spiro atoms. The molecule has 0 radical (unpaired) electrons. The second-order valence-electron chi connectivity index (χ2n) is 10.2. The molecule has 1 heterocycles. The van der Waals surface area contributed by atoms with Gasteiger partial charge in [-0.2, -0.15) is 0 Å².